The van der Waals surface area contributed by atoms with E-state index in [1.165, 1.54) is 5.56 Å². The molecule has 0 bridgehead atoms. The molecule has 0 amide bonds. The highest BCUT2D eigenvalue weighted by atomic mass is 79.9. The summed E-state index contributed by atoms with van der Waals surface area (Å²) in [5.41, 5.74) is 1.26. The average Bonchev–Trinajstić information content (AvgIpc) is 2.35. The van der Waals surface area contributed by atoms with Gasteiger partial charge in [-0.2, -0.15) is 0 Å². The Labute approximate surface area is 115 Å². The van der Waals surface area contributed by atoms with Crippen molar-refractivity contribution in [1.29, 1.82) is 0 Å². The second-order valence-corrected chi connectivity index (χ2v) is 4.98. The van der Waals surface area contributed by atoms with Gasteiger partial charge in [0.25, 0.3) is 0 Å². The van der Waals surface area contributed by atoms with Crippen molar-refractivity contribution in [3.63, 3.8) is 0 Å². The monoisotopic (exact) mass is 310 g/mol. The summed E-state index contributed by atoms with van der Waals surface area (Å²) in [5.74, 6) is 0.719. The van der Waals surface area contributed by atoms with E-state index in [4.69, 9.17) is 16.3 Å². The number of rotatable bonds is 4. The fourth-order valence-corrected chi connectivity index (χ4v) is 2.02. The van der Waals surface area contributed by atoms with Crippen LogP contribution in [-0.4, -0.2) is 6.61 Å². The molecule has 17 heavy (non-hydrogen) atoms. The Hall–Kier alpha value is -0.990. The molecule has 0 aromatic heterocycles. The third kappa shape index (κ3) is 3.76. The van der Waals surface area contributed by atoms with Crippen molar-refractivity contribution in [1.82, 2.24) is 0 Å². The lowest BCUT2D eigenvalue weighted by atomic mass is 10.2. The molecule has 88 valence electrons. The molecule has 0 radical (unpaired) electrons. The highest BCUT2D eigenvalue weighted by molar-refractivity contribution is 9.10. The third-order valence-electron chi connectivity index (χ3n) is 2.38. The van der Waals surface area contributed by atoms with Gasteiger partial charge in [-0.15, -0.1) is 0 Å². The molecule has 0 unspecified atom stereocenters. The Morgan fingerprint density at radius 1 is 1.06 bits per heavy atom. The van der Waals surface area contributed by atoms with Gasteiger partial charge >= 0.3 is 0 Å². The maximum Gasteiger partial charge on any atom is 0.139 e. The number of hydrogen-bond donors (Lipinski definition) is 0. The minimum Gasteiger partial charge on any atom is -0.492 e. The van der Waals surface area contributed by atoms with Gasteiger partial charge in [0.1, 0.15) is 5.75 Å². The zero-order valence-corrected chi connectivity index (χ0v) is 11.5. The summed E-state index contributed by atoms with van der Waals surface area (Å²) >= 11 is 9.43. The molecular formula is C14H12BrClO. The summed E-state index contributed by atoms with van der Waals surface area (Å²) < 4.78 is 6.63. The lowest BCUT2D eigenvalue weighted by Gasteiger charge is -2.08. The van der Waals surface area contributed by atoms with Gasteiger partial charge in [0.2, 0.25) is 0 Å². The van der Waals surface area contributed by atoms with Gasteiger partial charge in [0.15, 0.2) is 0 Å². The Morgan fingerprint density at radius 3 is 2.59 bits per heavy atom. The summed E-state index contributed by atoms with van der Waals surface area (Å²) in [4.78, 5) is 0. The van der Waals surface area contributed by atoms with Crippen molar-refractivity contribution in [2.24, 2.45) is 0 Å². The molecule has 2 rings (SSSR count). The van der Waals surface area contributed by atoms with Gasteiger partial charge in [-0.1, -0.05) is 57.9 Å². The Kier molecular flexibility index (Phi) is 4.46. The van der Waals surface area contributed by atoms with Crippen LogP contribution in [0.25, 0.3) is 0 Å². The van der Waals surface area contributed by atoms with E-state index in [2.05, 4.69) is 28.1 Å². The van der Waals surface area contributed by atoms with Crippen molar-refractivity contribution in [2.75, 3.05) is 6.61 Å². The largest absolute Gasteiger partial charge is 0.492 e. The molecule has 2 aromatic carbocycles. The molecule has 0 saturated heterocycles. The minimum absolute atomic E-state index is 0.625. The van der Waals surface area contributed by atoms with E-state index < -0.39 is 0 Å². The van der Waals surface area contributed by atoms with E-state index in [0.717, 1.165) is 16.6 Å². The second kappa shape index (κ2) is 6.08. The van der Waals surface area contributed by atoms with Gasteiger partial charge in [0.05, 0.1) is 11.6 Å². The van der Waals surface area contributed by atoms with Gasteiger partial charge < -0.3 is 4.74 Å². The van der Waals surface area contributed by atoms with E-state index in [-0.39, 0.29) is 0 Å². The van der Waals surface area contributed by atoms with Crippen LogP contribution in [0.1, 0.15) is 5.56 Å². The summed E-state index contributed by atoms with van der Waals surface area (Å²) in [6.45, 7) is 0.625. The number of halogens is 2. The SMILES string of the molecule is Clc1ccc(Br)cc1OCCc1ccccc1. The van der Waals surface area contributed by atoms with E-state index >= 15 is 0 Å². The Balaban J connectivity index is 1.92. The van der Waals surface area contributed by atoms with Gasteiger partial charge in [-0.3, -0.25) is 0 Å². The predicted molar refractivity (Wildman–Crippen MR) is 74.8 cm³/mol. The highest BCUT2D eigenvalue weighted by Crippen LogP contribution is 2.27. The van der Waals surface area contributed by atoms with E-state index in [0.29, 0.717) is 11.6 Å². The minimum atomic E-state index is 0.625. The third-order valence-corrected chi connectivity index (χ3v) is 3.19. The molecule has 0 saturated carbocycles. The molecular weight excluding hydrogens is 300 g/mol. The standard InChI is InChI=1S/C14H12BrClO/c15-12-6-7-13(16)14(10-12)17-9-8-11-4-2-1-3-5-11/h1-7,10H,8-9H2. The van der Waals surface area contributed by atoms with E-state index in [1.807, 2.05) is 36.4 Å². The van der Waals surface area contributed by atoms with Crippen LogP contribution >= 0.6 is 27.5 Å². The summed E-state index contributed by atoms with van der Waals surface area (Å²) in [6.07, 6.45) is 0.879. The molecule has 0 aliphatic heterocycles. The summed E-state index contributed by atoms with van der Waals surface area (Å²) in [5, 5.41) is 0.640. The summed E-state index contributed by atoms with van der Waals surface area (Å²) in [6, 6.07) is 15.8. The van der Waals surface area contributed by atoms with Gasteiger partial charge in [-0.25, -0.2) is 0 Å². The smallest absolute Gasteiger partial charge is 0.139 e. The van der Waals surface area contributed by atoms with E-state index in [9.17, 15) is 0 Å². The zero-order chi connectivity index (χ0) is 12.1. The molecule has 0 N–H and O–H groups in total. The van der Waals surface area contributed by atoms with Crippen LogP contribution < -0.4 is 4.74 Å². The number of benzene rings is 2. The molecule has 0 atom stereocenters. The first-order valence-corrected chi connectivity index (χ1v) is 6.54. The lowest BCUT2D eigenvalue weighted by Crippen LogP contribution is -2.01. The molecule has 3 heteroatoms. The topological polar surface area (TPSA) is 9.23 Å². The maximum absolute atomic E-state index is 6.03. The zero-order valence-electron chi connectivity index (χ0n) is 9.20. The first kappa shape index (κ1) is 12.5. The average molecular weight is 312 g/mol. The van der Waals surface area contributed by atoms with Crippen LogP contribution in [0, 0.1) is 0 Å². The Morgan fingerprint density at radius 2 is 1.82 bits per heavy atom. The lowest BCUT2D eigenvalue weighted by molar-refractivity contribution is 0.322. The quantitative estimate of drug-likeness (QED) is 0.793. The molecule has 0 heterocycles. The normalized spacial score (nSPS) is 10.2. The molecule has 0 aliphatic carbocycles. The van der Waals surface area contributed by atoms with Crippen LogP contribution in [0.5, 0.6) is 5.75 Å². The van der Waals surface area contributed by atoms with Crippen molar-refractivity contribution in [3.8, 4) is 5.75 Å². The molecule has 1 nitrogen and oxygen atoms in total. The van der Waals surface area contributed by atoms with Crippen LogP contribution in [0.2, 0.25) is 5.02 Å². The van der Waals surface area contributed by atoms with Crippen molar-refractivity contribution in [3.05, 3.63) is 63.6 Å². The van der Waals surface area contributed by atoms with Crippen LogP contribution in [0.3, 0.4) is 0 Å². The summed E-state index contributed by atoms with van der Waals surface area (Å²) in [7, 11) is 0. The highest BCUT2D eigenvalue weighted by Gasteiger charge is 2.02. The maximum atomic E-state index is 6.03. The van der Waals surface area contributed by atoms with Crippen molar-refractivity contribution >= 4 is 27.5 Å². The first-order chi connectivity index (χ1) is 8.25. The van der Waals surface area contributed by atoms with Crippen LogP contribution in [-0.2, 0) is 6.42 Å². The van der Waals surface area contributed by atoms with Crippen molar-refractivity contribution < 1.29 is 4.74 Å². The predicted octanol–water partition coefficient (Wildman–Crippen LogP) is 4.72. The van der Waals surface area contributed by atoms with Gasteiger partial charge in [-0.05, 0) is 23.8 Å². The van der Waals surface area contributed by atoms with Crippen molar-refractivity contribution in [2.45, 2.75) is 6.42 Å². The molecule has 0 spiro atoms. The molecule has 0 aliphatic rings. The Bertz CT molecular complexity index is 485. The number of ether oxygens (including phenoxy) is 1. The molecule has 2 aromatic rings. The van der Waals surface area contributed by atoms with E-state index in [1.54, 1.807) is 0 Å². The van der Waals surface area contributed by atoms with Gasteiger partial charge in [0, 0.05) is 10.9 Å². The first-order valence-electron chi connectivity index (χ1n) is 5.37. The number of hydrogen-bond acceptors (Lipinski definition) is 1. The molecule has 0 fully saturated rings. The van der Waals surface area contributed by atoms with Crippen LogP contribution in [0.4, 0.5) is 0 Å². The van der Waals surface area contributed by atoms with Crippen LogP contribution in [0.15, 0.2) is 53.0 Å². The fraction of sp³-hybridized carbons (Fsp3) is 0.143. The second-order valence-electron chi connectivity index (χ2n) is 3.66. The fourth-order valence-electron chi connectivity index (χ4n) is 1.51.